The van der Waals surface area contributed by atoms with Gasteiger partial charge in [0.2, 0.25) is 5.91 Å². The molecule has 0 saturated heterocycles. The summed E-state index contributed by atoms with van der Waals surface area (Å²) in [5, 5.41) is 4.43. The van der Waals surface area contributed by atoms with Crippen molar-refractivity contribution in [2.45, 2.75) is 19.6 Å². The third-order valence-electron chi connectivity index (χ3n) is 1.91. The van der Waals surface area contributed by atoms with Crippen LogP contribution in [-0.4, -0.2) is 35.1 Å². The molecule has 5 nitrogen and oxygen atoms in total. The standard InChI is InChI=1S/C10H13F3N4O/c1-7-2-16-8(3-15-7)4-17-9(18)5-14-6-10(11,12)13/h2-3,14H,4-6H2,1H3,(H,17,18). The van der Waals surface area contributed by atoms with Crippen molar-refractivity contribution in [3.05, 3.63) is 23.8 Å². The zero-order valence-corrected chi connectivity index (χ0v) is 9.71. The zero-order chi connectivity index (χ0) is 13.6. The highest BCUT2D eigenvalue weighted by Gasteiger charge is 2.26. The van der Waals surface area contributed by atoms with Gasteiger partial charge in [-0.1, -0.05) is 0 Å². The molecule has 1 heterocycles. The summed E-state index contributed by atoms with van der Waals surface area (Å²) in [6.07, 6.45) is -1.27. The van der Waals surface area contributed by atoms with Crippen molar-refractivity contribution in [2.24, 2.45) is 0 Å². The molecule has 1 aromatic heterocycles. The zero-order valence-electron chi connectivity index (χ0n) is 9.71. The first-order valence-electron chi connectivity index (χ1n) is 5.18. The van der Waals surface area contributed by atoms with Gasteiger partial charge in [-0.3, -0.25) is 14.8 Å². The number of nitrogens with zero attached hydrogens (tertiary/aromatic N) is 2. The van der Waals surface area contributed by atoms with E-state index >= 15 is 0 Å². The molecule has 0 unspecified atom stereocenters. The molecule has 1 rings (SSSR count). The van der Waals surface area contributed by atoms with Crippen LogP contribution in [0.3, 0.4) is 0 Å². The maximum absolute atomic E-state index is 11.8. The molecule has 0 spiro atoms. The fourth-order valence-electron chi connectivity index (χ4n) is 1.08. The van der Waals surface area contributed by atoms with E-state index in [1.165, 1.54) is 6.20 Å². The molecule has 8 heteroatoms. The van der Waals surface area contributed by atoms with E-state index in [4.69, 9.17) is 0 Å². The van der Waals surface area contributed by atoms with Crippen molar-refractivity contribution >= 4 is 5.91 Å². The van der Waals surface area contributed by atoms with Gasteiger partial charge in [0, 0.05) is 6.20 Å². The molecule has 1 aromatic rings. The van der Waals surface area contributed by atoms with Gasteiger partial charge >= 0.3 is 6.18 Å². The fraction of sp³-hybridized carbons (Fsp3) is 0.500. The van der Waals surface area contributed by atoms with E-state index in [0.717, 1.165) is 5.69 Å². The van der Waals surface area contributed by atoms with Crippen LogP contribution < -0.4 is 10.6 Å². The second-order valence-electron chi connectivity index (χ2n) is 3.64. The largest absolute Gasteiger partial charge is 0.401 e. The van der Waals surface area contributed by atoms with Gasteiger partial charge in [0.15, 0.2) is 0 Å². The Balaban J connectivity index is 2.23. The van der Waals surface area contributed by atoms with Crippen LogP contribution in [0.4, 0.5) is 13.2 Å². The van der Waals surface area contributed by atoms with Crippen LogP contribution in [0.15, 0.2) is 12.4 Å². The average molecular weight is 262 g/mol. The van der Waals surface area contributed by atoms with E-state index in [9.17, 15) is 18.0 Å². The van der Waals surface area contributed by atoms with E-state index < -0.39 is 25.2 Å². The Morgan fingerprint density at radius 1 is 1.33 bits per heavy atom. The molecule has 0 fully saturated rings. The Hall–Kier alpha value is -1.70. The molecule has 0 aliphatic carbocycles. The van der Waals surface area contributed by atoms with Gasteiger partial charge in [0.05, 0.1) is 37.2 Å². The summed E-state index contributed by atoms with van der Waals surface area (Å²) in [5.74, 6) is -0.526. The summed E-state index contributed by atoms with van der Waals surface area (Å²) < 4.78 is 35.3. The quantitative estimate of drug-likeness (QED) is 0.813. The Labute approximate surface area is 102 Å². The predicted molar refractivity (Wildman–Crippen MR) is 57.5 cm³/mol. The molecule has 0 bridgehead atoms. The first-order chi connectivity index (χ1) is 8.37. The molecule has 0 aromatic carbocycles. The number of hydrogen-bond acceptors (Lipinski definition) is 4. The number of aromatic nitrogens is 2. The minimum Gasteiger partial charge on any atom is -0.349 e. The summed E-state index contributed by atoms with van der Waals surface area (Å²) in [7, 11) is 0. The maximum atomic E-state index is 11.8. The summed E-state index contributed by atoms with van der Waals surface area (Å²) in [4.78, 5) is 19.1. The molecule has 0 saturated carbocycles. The maximum Gasteiger partial charge on any atom is 0.401 e. The number of carbonyl (C=O) groups excluding carboxylic acids is 1. The minimum atomic E-state index is -4.32. The molecule has 0 radical (unpaired) electrons. The third-order valence-corrected chi connectivity index (χ3v) is 1.91. The van der Waals surface area contributed by atoms with Crippen molar-refractivity contribution in [1.29, 1.82) is 0 Å². The molecular weight excluding hydrogens is 249 g/mol. The molecular formula is C10H13F3N4O. The minimum absolute atomic E-state index is 0.139. The molecule has 100 valence electrons. The topological polar surface area (TPSA) is 66.9 Å². The van der Waals surface area contributed by atoms with Crippen LogP contribution in [0.1, 0.15) is 11.4 Å². The Kier molecular flexibility index (Phi) is 5.02. The van der Waals surface area contributed by atoms with Crippen molar-refractivity contribution in [1.82, 2.24) is 20.6 Å². The van der Waals surface area contributed by atoms with Crippen LogP contribution >= 0.6 is 0 Å². The van der Waals surface area contributed by atoms with Crippen LogP contribution in [0.25, 0.3) is 0 Å². The first-order valence-corrected chi connectivity index (χ1v) is 5.18. The fourth-order valence-corrected chi connectivity index (χ4v) is 1.08. The van der Waals surface area contributed by atoms with Gasteiger partial charge in [0.25, 0.3) is 0 Å². The summed E-state index contributed by atoms with van der Waals surface area (Å²) in [6.45, 7) is 0.333. The van der Waals surface area contributed by atoms with Gasteiger partial charge in [-0.2, -0.15) is 13.2 Å². The lowest BCUT2D eigenvalue weighted by Gasteiger charge is -2.08. The Morgan fingerprint density at radius 3 is 2.61 bits per heavy atom. The molecule has 2 N–H and O–H groups in total. The summed E-state index contributed by atoms with van der Waals surface area (Å²) in [5.41, 5.74) is 1.29. The van der Waals surface area contributed by atoms with Crippen molar-refractivity contribution < 1.29 is 18.0 Å². The number of alkyl halides is 3. The van der Waals surface area contributed by atoms with E-state index in [0.29, 0.717) is 5.69 Å². The molecule has 18 heavy (non-hydrogen) atoms. The Bertz CT molecular complexity index is 391. The lowest BCUT2D eigenvalue weighted by Crippen LogP contribution is -2.38. The number of halogens is 3. The van der Waals surface area contributed by atoms with Crippen LogP contribution in [0.5, 0.6) is 0 Å². The van der Waals surface area contributed by atoms with E-state index in [1.54, 1.807) is 13.1 Å². The van der Waals surface area contributed by atoms with Crippen LogP contribution in [0, 0.1) is 6.92 Å². The highest BCUT2D eigenvalue weighted by atomic mass is 19.4. The second-order valence-corrected chi connectivity index (χ2v) is 3.64. The number of rotatable bonds is 5. The second kappa shape index (κ2) is 6.29. The highest BCUT2D eigenvalue weighted by molar-refractivity contribution is 5.77. The predicted octanol–water partition coefficient (Wildman–Crippen LogP) is 0.553. The van der Waals surface area contributed by atoms with Gasteiger partial charge in [-0.25, -0.2) is 0 Å². The number of amides is 1. The lowest BCUT2D eigenvalue weighted by atomic mass is 10.4. The average Bonchev–Trinajstić information content (AvgIpc) is 2.26. The van der Waals surface area contributed by atoms with Gasteiger partial charge < -0.3 is 10.6 Å². The monoisotopic (exact) mass is 262 g/mol. The van der Waals surface area contributed by atoms with Crippen LogP contribution in [0.2, 0.25) is 0 Å². The molecule has 0 aliphatic rings. The van der Waals surface area contributed by atoms with Crippen molar-refractivity contribution in [3.8, 4) is 0 Å². The highest BCUT2D eigenvalue weighted by Crippen LogP contribution is 2.11. The number of aryl methyl sites for hydroxylation is 1. The smallest absolute Gasteiger partial charge is 0.349 e. The number of hydrogen-bond donors (Lipinski definition) is 2. The SMILES string of the molecule is Cc1cnc(CNC(=O)CNCC(F)(F)F)cn1. The van der Waals surface area contributed by atoms with Crippen molar-refractivity contribution in [2.75, 3.05) is 13.1 Å². The van der Waals surface area contributed by atoms with Crippen LogP contribution in [-0.2, 0) is 11.3 Å². The van der Waals surface area contributed by atoms with E-state index in [2.05, 4.69) is 15.3 Å². The first kappa shape index (κ1) is 14.4. The lowest BCUT2D eigenvalue weighted by molar-refractivity contribution is -0.128. The van der Waals surface area contributed by atoms with Gasteiger partial charge in [0.1, 0.15) is 0 Å². The van der Waals surface area contributed by atoms with E-state index in [1.807, 2.05) is 5.32 Å². The molecule has 0 aliphatic heterocycles. The summed E-state index contributed by atoms with van der Waals surface area (Å²) >= 11 is 0. The summed E-state index contributed by atoms with van der Waals surface area (Å²) in [6, 6.07) is 0. The molecule has 1 amide bonds. The van der Waals surface area contributed by atoms with Gasteiger partial charge in [-0.15, -0.1) is 0 Å². The van der Waals surface area contributed by atoms with Gasteiger partial charge in [-0.05, 0) is 6.92 Å². The normalized spacial score (nSPS) is 11.3. The third kappa shape index (κ3) is 6.14. The number of carbonyl (C=O) groups is 1. The molecule has 0 atom stereocenters. The van der Waals surface area contributed by atoms with Crippen molar-refractivity contribution in [3.63, 3.8) is 0 Å². The number of nitrogens with one attached hydrogen (secondary N) is 2. The Morgan fingerprint density at radius 2 is 2.06 bits per heavy atom. The van der Waals surface area contributed by atoms with E-state index in [-0.39, 0.29) is 6.54 Å².